The van der Waals surface area contributed by atoms with Crippen LogP contribution in [-0.2, 0) is 28.6 Å². The molecule has 0 saturated heterocycles. The molecule has 0 aliphatic heterocycles. The van der Waals surface area contributed by atoms with E-state index >= 15 is 0 Å². The van der Waals surface area contributed by atoms with Crippen LogP contribution in [0.3, 0.4) is 0 Å². The van der Waals surface area contributed by atoms with E-state index < -0.39 is 6.10 Å². The minimum atomic E-state index is -0.781. The average Bonchev–Trinajstić information content (AvgIpc) is 3.43. The molecule has 0 fully saturated rings. The molecule has 6 heteroatoms. The van der Waals surface area contributed by atoms with Crippen LogP contribution in [0.5, 0.6) is 0 Å². The number of hydrogen-bond donors (Lipinski definition) is 0. The van der Waals surface area contributed by atoms with E-state index in [0.29, 0.717) is 19.3 Å². The summed E-state index contributed by atoms with van der Waals surface area (Å²) in [6.45, 7) is 6.51. The molecule has 0 aromatic carbocycles. The van der Waals surface area contributed by atoms with Crippen molar-refractivity contribution < 1.29 is 28.6 Å². The summed E-state index contributed by atoms with van der Waals surface area (Å²) < 4.78 is 16.9. The third-order valence-electron chi connectivity index (χ3n) is 14.1. The Labute approximate surface area is 477 Å². The second kappa shape index (κ2) is 64.9. The van der Waals surface area contributed by atoms with Gasteiger partial charge >= 0.3 is 17.9 Å². The van der Waals surface area contributed by atoms with Gasteiger partial charge in [-0.3, -0.25) is 14.4 Å². The maximum absolute atomic E-state index is 12.9. The number of allylic oxidation sites excluding steroid dienone is 16. The summed E-state index contributed by atoms with van der Waals surface area (Å²) in [6.07, 6.45) is 87.1. The monoisotopic (exact) mass is 1070 g/mol. The van der Waals surface area contributed by atoms with Gasteiger partial charge in [-0.05, 0) is 103 Å². The summed E-state index contributed by atoms with van der Waals surface area (Å²) in [4.78, 5) is 38.2. The first-order valence-electron chi connectivity index (χ1n) is 32.7. The fourth-order valence-electron chi connectivity index (χ4n) is 9.18. The normalized spacial score (nSPS) is 12.7. The van der Waals surface area contributed by atoms with Crippen LogP contribution in [0.2, 0.25) is 0 Å². The third-order valence-corrected chi connectivity index (χ3v) is 14.1. The molecule has 1 unspecified atom stereocenters. The molecule has 0 aromatic heterocycles. The topological polar surface area (TPSA) is 78.9 Å². The molecule has 442 valence electrons. The highest BCUT2D eigenvalue weighted by molar-refractivity contribution is 5.71. The van der Waals surface area contributed by atoms with Crippen LogP contribution in [0.15, 0.2) is 97.2 Å². The molecule has 0 heterocycles. The van der Waals surface area contributed by atoms with Gasteiger partial charge < -0.3 is 14.2 Å². The summed E-state index contributed by atoms with van der Waals surface area (Å²) >= 11 is 0. The summed E-state index contributed by atoms with van der Waals surface area (Å²) in [7, 11) is 0. The summed E-state index contributed by atoms with van der Waals surface area (Å²) in [6, 6.07) is 0. The lowest BCUT2D eigenvalue weighted by Gasteiger charge is -2.18. The number of carbonyl (C=O) groups excluding carboxylic acids is 3. The van der Waals surface area contributed by atoms with Crippen molar-refractivity contribution in [1.82, 2.24) is 0 Å². The fraction of sp³-hybridized carbons (Fsp3) is 0.732. The Morgan fingerprint density at radius 3 is 0.792 bits per heavy atom. The predicted molar refractivity (Wildman–Crippen MR) is 334 cm³/mol. The van der Waals surface area contributed by atoms with Crippen molar-refractivity contribution in [2.75, 3.05) is 13.2 Å². The molecule has 0 aliphatic carbocycles. The van der Waals surface area contributed by atoms with Crippen molar-refractivity contribution >= 4 is 17.9 Å². The molecule has 0 aliphatic rings. The third kappa shape index (κ3) is 63.0. The first kappa shape index (κ1) is 73.3. The van der Waals surface area contributed by atoms with Gasteiger partial charge in [0.15, 0.2) is 6.10 Å². The number of ether oxygens (including phenoxy) is 3. The SMILES string of the molecule is CC/C=C\C/C=C\C/C=C\C/C=C\C/C=C\C/C=C\CCCCCCCCCCC(=O)OCC(COC(=O)CCCCCCCCCCC)OC(=O)CCCCCCCCCCCCC/C=C\C/C=C\CCCCCCC. The molecule has 0 rings (SSSR count). The molecule has 6 nitrogen and oxygen atoms in total. The molecule has 1 atom stereocenters. The lowest BCUT2D eigenvalue weighted by Crippen LogP contribution is -2.30. The Morgan fingerprint density at radius 2 is 0.506 bits per heavy atom. The molecular formula is C71H122O6. The zero-order valence-corrected chi connectivity index (χ0v) is 50.7. The van der Waals surface area contributed by atoms with E-state index in [-0.39, 0.29) is 31.1 Å². The van der Waals surface area contributed by atoms with Crippen molar-refractivity contribution in [1.29, 1.82) is 0 Å². The van der Waals surface area contributed by atoms with Gasteiger partial charge in [0, 0.05) is 19.3 Å². The van der Waals surface area contributed by atoms with Gasteiger partial charge in [0.2, 0.25) is 0 Å². The lowest BCUT2D eigenvalue weighted by molar-refractivity contribution is -0.167. The van der Waals surface area contributed by atoms with Crippen LogP contribution in [0.25, 0.3) is 0 Å². The number of carbonyl (C=O) groups is 3. The van der Waals surface area contributed by atoms with Crippen LogP contribution < -0.4 is 0 Å². The molecule has 0 saturated carbocycles. The van der Waals surface area contributed by atoms with Gasteiger partial charge in [0.25, 0.3) is 0 Å². The minimum Gasteiger partial charge on any atom is -0.462 e. The zero-order valence-electron chi connectivity index (χ0n) is 50.7. The maximum Gasteiger partial charge on any atom is 0.306 e. The predicted octanol–water partition coefficient (Wildman–Crippen LogP) is 22.4. The molecule has 0 amide bonds. The highest BCUT2D eigenvalue weighted by Gasteiger charge is 2.19. The smallest absolute Gasteiger partial charge is 0.306 e. The first-order valence-corrected chi connectivity index (χ1v) is 32.7. The number of rotatable bonds is 59. The Balaban J connectivity index is 4.23. The van der Waals surface area contributed by atoms with Gasteiger partial charge in [-0.2, -0.15) is 0 Å². The molecule has 0 bridgehead atoms. The van der Waals surface area contributed by atoms with Crippen molar-refractivity contribution in [2.45, 2.75) is 322 Å². The van der Waals surface area contributed by atoms with Gasteiger partial charge in [-0.1, -0.05) is 291 Å². The van der Waals surface area contributed by atoms with E-state index in [0.717, 1.165) is 109 Å². The molecule has 0 N–H and O–H groups in total. The number of esters is 3. The number of unbranched alkanes of at least 4 members (excludes halogenated alkanes) is 32. The van der Waals surface area contributed by atoms with Gasteiger partial charge in [-0.15, -0.1) is 0 Å². The fourth-order valence-corrected chi connectivity index (χ4v) is 9.18. The Morgan fingerprint density at radius 1 is 0.273 bits per heavy atom. The van der Waals surface area contributed by atoms with Gasteiger partial charge in [-0.25, -0.2) is 0 Å². The van der Waals surface area contributed by atoms with E-state index in [1.807, 2.05) is 0 Å². The van der Waals surface area contributed by atoms with Crippen molar-refractivity contribution in [3.63, 3.8) is 0 Å². The largest absolute Gasteiger partial charge is 0.462 e. The second-order valence-corrected chi connectivity index (χ2v) is 21.6. The van der Waals surface area contributed by atoms with Crippen LogP contribution in [-0.4, -0.2) is 37.2 Å². The zero-order chi connectivity index (χ0) is 55.7. The molecule has 0 spiro atoms. The molecule has 0 aromatic rings. The highest BCUT2D eigenvalue weighted by atomic mass is 16.6. The van der Waals surface area contributed by atoms with E-state index in [9.17, 15) is 14.4 Å². The molecule has 0 radical (unpaired) electrons. The van der Waals surface area contributed by atoms with E-state index in [4.69, 9.17) is 14.2 Å². The molecule has 77 heavy (non-hydrogen) atoms. The Bertz CT molecular complexity index is 1510. The van der Waals surface area contributed by atoms with Crippen LogP contribution >= 0.6 is 0 Å². The summed E-state index contributed by atoms with van der Waals surface area (Å²) in [5.41, 5.74) is 0. The van der Waals surface area contributed by atoms with Crippen LogP contribution in [0, 0.1) is 0 Å². The Hall–Kier alpha value is -3.67. The van der Waals surface area contributed by atoms with E-state index in [1.165, 1.54) is 167 Å². The highest BCUT2D eigenvalue weighted by Crippen LogP contribution is 2.16. The number of hydrogen-bond acceptors (Lipinski definition) is 6. The first-order chi connectivity index (χ1) is 38.0. The van der Waals surface area contributed by atoms with E-state index in [2.05, 4.69) is 118 Å². The standard InChI is InChI=1S/C71H122O6/c1-4-7-10-13-16-19-21-23-25-27-29-31-33-34-35-36-38-39-41-43-45-47-49-52-55-58-61-64-70(73)76-67-68(66-75-69(72)63-60-57-54-51-18-15-12-9-6-3)77-71(74)65-62-59-56-53-50-48-46-44-42-40-37-32-30-28-26-24-22-20-17-14-11-8-5-2/h7,10,16,19,22-25,28-31,34-35,38-39,68H,4-6,8-9,11-15,17-18,20-21,26-27,32-33,36-37,40-67H2,1-3H3/b10-7-,19-16-,24-22-,25-23-,30-28-,31-29-,35-34-,39-38-. The van der Waals surface area contributed by atoms with Crippen LogP contribution in [0.4, 0.5) is 0 Å². The summed E-state index contributed by atoms with van der Waals surface area (Å²) in [5, 5.41) is 0. The quantitative estimate of drug-likeness (QED) is 0.0261. The molecular weight excluding hydrogens is 949 g/mol. The summed E-state index contributed by atoms with van der Waals surface area (Å²) in [5.74, 6) is -0.882. The average molecular weight is 1070 g/mol. The Kier molecular flexibility index (Phi) is 61.8. The second-order valence-electron chi connectivity index (χ2n) is 21.6. The lowest BCUT2D eigenvalue weighted by atomic mass is 10.0. The van der Waals surface area contributed by atoms with Crippen LogP contribution in [0.1, 0.15) is 316 Å². The van der Waals surface area contributed by atoms with Gasteiger partial charge in [0.1, 0.15) is 13.2 Å². The maximum atomic E-state index is 12.9. The van der Waals surface area contributed by atoms with Crippen molar-refractivity contribution in [3.8, 4) is 0 Å². The van der Waals surface area contributed by atoms with Gasteiger partial charge in [0.05, 0.1) is 0 Å². The minimum absolute atomic E-state index is 0.0784. The van der Waals surface area contributed by atoms with Crippen molar-refractivity contribution in [2.24, 2.45) is 0 Å². The van der Waals surface area contributed by atoms with Crippen molar-refractivity contribution in [3.05, 3.63) is 97.2 Å². The van der Waals surface area contributed by atoms with E-state index in [1.54, 1.807) is 0 Å².